The number of hydrogen-bond acceptors (Lipinski definition) is 3. The molecule has 4 heteroatoms. The molecule has 0 aliphatic heterocycles. The summed E-state index contributed by atoms with van der Waals surface area (Å²) in [5.74, 6) is 0.603. The van der Waals surface area contributed by atoms with Crippen LogP contribution in [-0.4, -0.2) is 28.1 Å². The Hall–Kier alpha value is -1.16. The normalized spacial score (nSPS) is 54.1. The number of fused-ring (bicyclic) bond motifs is 7. The highest BCUT2D eigenvalue weighted by Crippen LogP contribution is 2.77. The lowest BCUT2D eigenvalue weighted by molar-refractivity contribution is -0.235. The Bertz CT molecular complexity index is 936. The Morgan fingerprint density at radius 2 is 1.52 bits per heavy atom. The number of carbonyl (C=O) groups excluding carboxylic acids is 1. The summed E-state index contributed by atoms with van der Waals surface area (Å²) in [4.78, 5) is 24.8. The number of aliphatic hydroxyl groups excluding tert-OH is 1. The summed E-state index contributed by atoms with van der Waals surface area (Å²) >= 11 is 0. The Balaban J connectivity index is 1.56. The van der Waals surface area contributed by atoms with E-state index in [1.807, 2.05) is 13.8 Å². The maximum Gasteiger partial charge on any atom is 0.309 e. The van der Waals surface area contributed by atoms with Crippen LogP contribution in [0.15, 0.2) is 11.1 Å². The van der Waals surface area contributed by atoms with Gasteiger partial charge >= 0.3 is 5.97 Å². The number of carbonyl (C=O) groups is 2. The largest absolute Gasteiger partial charge is 0.481 e. The highest BCUT2D eigenvalue weighted by atomic mass is 16.4. The molecule has 4 nitrogen and oxygen atoms in total. The number of rotatable bonds is 1. The van der Waals surface area contributed by atoms with Gasteiger partial charge in [-0.1, -0.05) is 33.3 Å². The second kappa shape index (κ2) is 6.95. The molecule has 0 aromatic heterocycles. The number of aliphatic carboxylic acids is 1. The predicted molar refractivity (Wildman–Crippen MR) is 129 cm³/mol. The summed E-state index contributed by atoms with van der Waals surface area (Å²) in [7, 11) is 0. The summed E-state index contributed by atoms with van der Waals surface area (Å²) in [5, 5.41) is 20.7. The first-order valence-corrected chi connectivity index (χ1v) is 13.4. The smallest absolute Gasteiger partial charge is 0.309 e. The molecule has 3 unspecified atom stereocenters. The molecule has 33 heavy (non-hydrogen) atoms. The number of aliphatic hydroxyl groups is 1. The topological polar surface area (TPSA) is 74.6 Å². The molecule has 9 atom stereocenters. The van der Waals surface area contributed by atoms with Gasteiger partial charge in [0.1, 0.15) is 6.10 Å². The van der Waals surface area contributed by atoms with Crippen molar-refractivity contribution >= 4 is 11.8 Å². The lowest BCUT2D eigenvalue weighted by atomic mass is 9.31. The molecule has 184 valence electrons. The fourth-order valence-electron chi connectivity index (χ4n) is 10.3. The first kappa shape index (κ1) is 23.6. The van der Waals surface area contributed by atoms with Gasteiger partial charge in [-0.15, -0.1) is 0 Å². The van der Waals surface area contributed by atoms with Gasteiger partial charge in [0.2, 0.25) is 0 Å². The van der Waals surface area contributed by atoms with Crippen LogP contribution in [0.1, 0.15) is 106 Å². The van der Waals surface area contributed by atoms with Gasteiger partial charge in [-0.3, -0.25) is 9.59 Å². The van der Waals surface area contributed by atoms with E-state index >= 15 is 0 Å². The molecule has 4 fully saturated rings. The molecule has 5 aliphatic rings. The van der Waals surface area contributed by atoms with Crippen molar-refractivity contribution in [3.8, 4) is 0 Å². The van der Waals surface area contributed by atoms with E-state index < -0.39 is 17.5 Å². The monoisotopic (exact) mass is 456 g/mol. The number of allylic oxidation sites excluding steroid dienone is 1. The summed E-state index contributed by atoms with van der Waals surface area (Å²) in [6, 6.07) is 0. The van der Waals surface area contributed by atoms with Gasteiger partial charge < -0.3 is 10.2 Å². The van der Waals surface area contributed by atoms with Crippen LogP contribution in [0.4, 0.5) is 0 Å². The number of Topliss-reactive ketones (excluding diaryl/α,β-unsaturated/α-hetero) is 1. The quantitative estimate of drug-likeness (QED) is 0.495. The summed E-state index contributed by atoms with van der Waals surface area (Å²) < 4.78 is 0. The fraction of sp³-hybridized carbons (Fsp3) is 0.862. The van der Waals surface area contributed by atoms with Gasteiger partial charge in [0.25, 0.3) is 0 Å². The van der Waals surface area contributed by atoms with Crippen molar-refractivity contribution in [2.75, 3.05) is 0 Å². The highest BCUT2D eigenvalue weighted by molar-refractivity contribution is 5.99. The van der Waals surface area contributed by atoms with Crippen molar-refractivity contribution in [3.63, 3.8) is 0 Å². The third-order valence-corrected chi connectivity index (χ3v) is 12.8. The molecule has 5 aliphatic carbocycles. The molecule has 0 saturated heterocycles. The molecule has 0 aromatic rings. The zero-order valence-corrected chi connectivity index (χ0v) is 21.6. The second-order valence-corrected chi connectivity index (χ2v) is 14.0. The van der Waals surface area contributed by atoms with E-state index in [0.29, 0.717) is 24.2 Å². The third kappa shape index (κ3) is 2.85. The molecular formula is C29H44O4. The zero-order chi connectivity index (χ0) is 24.2. The van der Waals surface area contributed by atoms with Crippen molar-refractivity contribution < 1.29 is 19.8 Å². The van der Waals surface area contributed by atoms with Crippen molar-refractivity contribution in [2.45, 2.75) is 112 Å². The van der Waals surface area contributed by atoms with Crippen LogP contribution in [-0.2, 0) is 9.59 Å². The molecule has 0 spiro atoms. The van der Waals surface area contributed by atoms with E-state index in [1.165, 1.54) is 18.4 Å². The standard InChI is InChI=1S/C29H44O4/c1-17-18-7-8-21-27(4,19(18)15-20(30)23(17)31)12-14-29(6)22-16-26(3,24(32)33)10-9-25(22,2)11-13-28(21,29)5/h19-22,30H,7-16H2,1-6H3,(H,32,33)/t19?,20-,21?,22?,25-,26-,27+,28-,29+/m1/s1. The minimum atomic E-state index is -0.847. The van der Waals surface area contributed by atoms with Crippen LogP contribution in [0.2, 0.25) is 0 Å². The average molecular weight is 457 g/mol. The van der Waals surface area contributed by atoms with Crippen LogP contribution in [0.5, 0.6) is 0 Å². The lowest BCUT2D eigenvalue weighted by Gasteiger charge is -2.73. The Morgan fingerprint density at radius 3 is 2.18 bits per heavy atom. The van der Waals surface area contributed by atoms with E-state index in [4.69, 9.17) is 0 Å². The number of carboxylic acids is 1. The van der Waals surface area contributed by atoms with Crippen molar-refractivity contribution in [3.05, 3.63) is 11.1 Å². The van der Waals surface area contributed by atoms with Gasteiger partial charge in [0, 0.05) is 0 Å². The van der Waals surface area contributed by atoms with Crippen LogP contribution in [0.3, 0.4) is 0 Å². The van der Waals surface area contributed by atoms with Crippen LogP contribution in [0.25, 0.3) is 0 Å². The molecule has 0 aromatic carbocycles. The minimum Gasteiger partial charge on any atom is -0.481 e. The summed E-state index contributed by atoms with van der Waals surface area (Å²) in [6.45, 7) is 13.9. The molecule has 0 heterocycles. The third-order valence-electron chi connectivity index (χ3n) is 12.8. The maximum absolute atomic E-state index is 12.5. The van der Waals surface area contributed by atoms with E-state index in [0.717, 1.165) is 50.5 Å². The SMILES string of the molecule is CC1=C2CCC3[C@@](C)(CC[C@@]4(C)C5C[C@](C)(C(=O)O)CC[C@]5(C)CC[C@]34C)C2C[C@@H](O)C1=O. The maximum atomic E-state index is 12.5. The molecule has 0 bridgehead atoms. The van der Waals surface area contributed by atoms with Crippen molar-refractivity contribution in [2.24, 2.45) is 44.8 Å². The van der Waals surface area contributed by atoms with Gasteiger partial charge in [-0.2, -0.15) is 0 Å². The molecule has 0 amide bonds. The highest BCUT2D eigenvalue weighted by Gasteiger charge is 2.69. The summed E-state index contributed by atoms with van der Waals surface area (Å²) in [5.41, 5.74) is 2.17. The van der Waals surface area contributed by atoms with Gasteiger partial charge in [-0.05, 0) is 123 Å². The summed E-state index contributed by atoms with van der Waals surface area (Å²) in [6.07, 6.45) is 9.11. The fourth-order valence-corrected chi connectivity index (χ4v) is 10.3. The van der Waals surface area contributed by atoms with Crippen molar-refractivity contribution in [1.82, 2.24) is 0 Å². The van der Waals surface area contributed by atoms with E-state index in [2.05, 4.69) is 27.7 Å². The van der Waals surface area contributed by atoms with E-state index in [9.17, 15) is 19.8 Å². The molecular weight excluding hydrogens is 412 g/mol. The van der Waals surface area contributed by atoms with Crippen LogP contribution in [0, 0.1) is 44.8 Å². The van der Waals surface area contributed by atoms with Gasteiger partial charge in [0.15, 0.2) is 5.78 Å². The number of hydrogen-bond donors (Lipinski definition) is 2. The average Bonchev–Trinajstić information content (AvgIpc) is 2.75. The van der Waals surface area contributed by atoms with Gasteiger partial charge in [-0.25, -0.2) is 0 Å². The number of ketones is 1. The molecule has 2 N–H and O–H groups in total. The van der Waals surface area contributed by atoms with Gasteiger partial charge in [0.05, 0.1) is 5.41 Å². The van der Waals surface area contributed by atoms with Crippen molar-refractivity contribution in [1.29, 1.82) is 0 Å². The van der Waals surface area contributed by atoms with Crippen LogP contribution >= 0.6 is 0 Å². The molecule has 4 saturated carbocycles. The number of carboxylic acid groups (broad SMARTS) is 1. The predicted octanol–water partition coefficient (Wildman–Crippen LogP) is 6.17. The first-order valence-electron chi connectivity index (χ1n) is 13.4. The Labute approximate surface area is 199 Å². The molecule has 0 radical (unpaired) electrons. The van der Waals surface area contributed by atoms with E-state index in [-0.39, 0.29) is 27.4 Å². The second-order valence-electron chi connectivity index (χ2n) is 14.0. The minimum absolute atomic E-state index is 0.0567. The zero-order valence-electron chi connectivity index (χ0n) is 21.6. The van der Waals surface area contributed by atoms with Crippen LogP contribution < -0.4 is 0 Å². The van der Waals surface area contributed by atoms with E-state index in [1.54, 1.807) is 0 Å². The Kier molecular flexibility index (Phi) is 4.97. The first-order chi connectivity index (χ1) is 15.2. The lowest BCUT2D eigenvalue weighted by Crippen LogP contribution is -2.66. The molecule has 5 rings (SSSR count). The Morgan fingerprint density at radius 1 is 0.909 bits per heavy atom.